The number of hydrogen-bond donors (Lipinski definition) is 1. The number of fused-ring (bicyclic) bond motifs is 1. The Labute approximate surface area is 147 Å². The fourth-order valence-corrected chi connectivity index (χ4v) is 3.41. The van der Waals surface area contributed by atoms with Crippen LogP contribution in [0.4, 0.5) is 11.4 Å². The Morgan fingerprint density at radius 3 is 2.84 bits per heavy atom. The number of rotatable bonds is 4. The van der Waals surface area contributed by atoms with E-state index in [-0.39, 0.29) is 5.91 Å². The molecule has 1 atom stereocenters. The lowest BCUT2D eigenvalue weighted by molar-refractivity contribution is -0.142. The average Bonchev–Trinajstić information content (AvgIpc) is 3.07. The smallest absolute Gasteiger partial charge is 0.255 e. The van der Waals surface area contributed by atoms with Gasteiger partial charge in [-0.05, 0) is 29.7 Å². The van der Waals surface area contributed by atoms with E-state index in [2.05, 4.69) is 40.5 Å². The van der Waals surface area contributed by atoms with Gasteiger partial charge in [0.15, 0.2) is 6.10 Å². The van der Waals surface area contributed by atoms with Crippen molar-refractivity contribution in [2.45, 2.75) is 19.1 Å². The van der Waals surface area contributed by atoms with E-state index in [1.807, 2.05) is 18.2 Å². The highest BCUT2D eigenvalue weighted by atomic mass is 16.6. The van der Waals surface area contributed by atoms with Crippen LogP contribution in [0.3, 0.4) is 0 Å². The molecule has 4 rings (SSSR count). The van der Waals surface area contributed by atoms with Crippen molar-refractivity contribution < 1.29 is 14.3 Å². The quantitative estimate of drug-likeness (QED) is 0.931. The second-order valence-electron chi connectivity index (χ2n) is 6.38. The normalized spacial score (nSPS) is 19.5. The molecule has 0 unspecified atom stereocenters. The van der Waals surface area contributed by atoms with Crippen molar-refractivity contribution in [2.75, 3.05) is 36.6 Å². The van der Waals surface area contributed by atoms with E-state index in [9.17, 15) is 4.79 Å². The van der Waals surface area contributed by atoms with Gasteiger partial charge in [-0.2, -0.15) is 0 Å². The number of para-hydroxylation sites is 2. The zero-order chi connectivity index (χ0) is 17.1. The Kier molecular flexibility index (Phi) is 4.68. The molecule has 1 amide bonds. The third-order valence-electron chi connectivity index (χ3n) is 4.73. The predicted molar refractivity (Wildman–Crippen MR) is 96.8 cm³/mol. The zero-order valence-corrected chi connectivity index (χ0v) is 14.1. The number of benzene rings is 2. The Morgan fingerprint density at radius 1 is 1.12 bits per heavy atom. The summed E-state index contributed by atoms with van der Waals surface area (Å²) in [6, 6.07) is 16.5. The molecule has 2 aliphatic rings. The van der Waals surface area contributed by atoms with Gasteiger partial charge in [0.1, 0.15) is 0 Å². The SMILES string of the molecule is O=C(Nc1ccccc1CN1CCc2ccccc21)[C@H]1COCCO1. The predicted octanol–water partition coefficient (Wildman–Crippen LogP) is 2.60. The monoisotopic (exact) mass is 338 g/mol. The summed E-state index contributed by atoms with van der Waals surface area (Å²) >= 11 is 0. The fraction of sp³-hybridized carbons (Fsp3) is 0.350. The zero-order valence-electron chi connectivity index (χ0n) is 14.1. The maximum absolute atomic E-state index is 12.4. The van der Waals surface area contributed by atoms with E-state index < -0.39 is 6.10 Å². The van der Waals surface area contributed by atoms with Gasteiger partial charge >= 0.3 is 0 Å². The van der Waals surface area contributed by atoms with E-state index in [1.54, 1.807) is 0 Å². The van der Waals surface area contributed by atoms with Gasteiger partial charge in [0, 0.05) is 24.5 Å². The molecule has 2 heterocycles. The minimum atomic E-state index is -0.533. The fourth-order valence-electron chi connectivity index (χ4n) is 3.41. The molecular formula is C20H22N2O3. The van der Waals surface area contributed by atoms with Crippen molar-refractivity contribution in [2.24, 2.45) is 0 Å². The molecule has 2 aliphatic heterocycles. The van der Waals surface area contributed by atoms with E-state index in [4.69, 9.17) is 9.47 Å². The van der Waals surface area contributed by atoms with Crippen molar-refractivity contribution in [1.29, 1.82) is 0 Å². The Morgan fingerprint density at radius 2 is 1.96 bits per heavy atom. The summed E-state index contributed by atoms with van der Waals surface area (Å²) < 4.78 is 10.8. The number of carbonyl (C=O) groups excluding carboxylic acids is 1. The number of carbonyl (C=O) groups is 1. The molecule has 5 nitrogen and oxygen atoms in total. The molecule has 0 aromatic heterocycles. The Bertz CT molecular complexity index is 756. The van der Waals surface area contributed by atoms with Crippen molar-refractivity contribution >= 4 is 17.3 Å². The van der Waals surface area contributed by atoms with Gasteiger partial charge in [-0.25, -0.2) is 0 Å². The number of nitrogens with one attached hydrogen (secondary N) is 1. The van der Waals surface area contributed by atoms with E-state index in [0.29, 0.717) is 19.8 Å². The van der Waals surface area contributed by atoms with E-state index in [0.717, 1.165) is 30.8 Å². The maximum atomic E-state index is 12.4. The molecule has 5 heteroatoms. The van der Waals surface area contributed by atoms with Gasteiger partial charge in [-0.3, -0.25) is 4.79 Å². The van der Waals surface area contributed by atoms with Gasteiger partial charge in [-0.15, -0.1) is 0 Å². The molecule has 0 aliphatic carbocycles. The van der Waals surface area contributed by atoms with Crippen LogP contribution < -0.4 is 10.2 Å². The number of nitrogens with zero attached hydrogens (tertiary/aromatic N) is 1. The highest BCUT2D eigenvalue weighted by Crippen LogP contribution is 2.30. The molecule has 2 aromatic carbocycles. The molecule has 25 heavy (non-hydrogen) atoms. The van der Waals surface area contributed by atoms with Crippen LogP contribution in [0.25, 0.3) is 0 Å². The summed E-state index contributed by atoms with van der Waals surface area (Å²) in [5, 5.41) is 3.01. The van der Waals surface area contributed by atoms with Crippen LogP contribution >= 0.6 is 0 Å². The second kappa shape index (κ2) is 7.25. The largest absolute Gasteiger partial charge is 0.376 e. The average molecular weight is 338 g/mol. The van der Waals surface area contributed by atoms with Gasteiger partial charge in [-0.1, -0.05) is 36.4 Å². The number of hydrogen-bond acceptors (Lipinski definition) is 4. The van der Waals surface area contributed by atoms with Crippen molar-refractivity contribution in [3.05, 3.63) is 59.7 Å². The first-order valence-electron chi connectivity index (χ1n) is 8.72. The Hall–Kier alpha value is -2.37. The molecular weight excluding hydrogens is 316 g/mol. The minimum Gasteiger partial charge on any atom is -0.376 e. The van der Waals surface area contributed by atoms with Crippen molar-refractivity contribution in [3.63, 3.8) is 0 Å². The highest BCUT2D eigenvalue weighted by Gasteiger charge is 2.24. The topological polar surface area (TPSA) is 50.8 Å². The molecule has 0 saturated carbocycles. The lowest BCUT2D eigenvalue weighted by Crippen LogP contribution is -2.39. The molecule has 0 spiro atoms. The third-order valence-corrected chi connectivity index (χ3v) is 4.73. The molecule has 130 valence electrons. The van der Waals surface area contributed by atoms with Gasteiger partial charge in [0.05, 0.1) is 19.8 Å². The van der Waals surface area contributed by atoms with Crippen LogP contribution in [-0.2, 0) is 27.2 Å². The summed E-state index contributed by atoms with van der Waals surface area (Å²) in [6.07, 6.45) is 0.534. The summed E-state index contributed by atoms with van der Waals surface area (Å²) in [6.45, 7) is 3.10. The molecule has 0 bridgehead atoms. The van der Waals surface area contributed by atoms with Crippen molar-refractivity contribution in [1.82, 2.24) is 0 Å². The van der Waals surface area contributed by atoms with Crippen LogP contribution in [0.5, 0.6) is 0 Å². The second-order valence-corrected chi connectivity index (χ2v) is 6.38. The van der Waals surface area contributed by atoms with Crippen LogP contribution in [0.1, 0.15) is 11.1 Å². The number of anilines is 2. The third kappa shape index (κ3) is 3.52. The van der Waals surface area contributed by atoms with Gasteiger partial charge < -0.3 is 19.7 Å². The molecule has 1 N–H and O–H groups in total. The van der Waals surface area contributed by atoms with E-state index >= 15 is 0 Å². The highest BCUT2D eigenvalue weighted by molar-refractivity contribution is 5.95. The molecule has 0 radical (unpaired) electrons. The van der Waals surface area contributed by atoms with Crippen LogP contribution in [0, 0.1) is 0 Å². The number of amides is 1. The summed E-state index contributed by atoms with van der Waals surface area (Å²) in [5.41, 5.74) is 4.61. The van der Waals surface area contributed by atoms with Crippen molar-refractivity contribution in [3.8, 4) is 0 Å². The molecule has 1 saturated heterocycles. The lowest BCUT2D eigenvalue weighted by atomic mass is 10.1. The minimum absolute atomic E-state index is 0.144. The first-order chi connectivity index (χ1) is 12.3. The lowest BCUT2D eigenvalue weighted by Gasteiger charge is -2.24. The maximum Gasteiger partial charge on any atom is 0.255 e. The van der Waals surface area contributed by atoms with Crippen LogP contribution in [-0.4, -0.2) is 38.4 Å². The van der Waals surface area contributed by atoms with Gasteiger partial charge in [0.2, 0.25) is 0 Å². The number of ether oxygens (including phenoxy) is 2. The molecule has 1 fully saturated rings. The van der Waals surface area contributed by atoms with Gasteiger partial charge in [0.25, 0.3) is 5.91 Å². The standard InChI is InChI=1S/C20H22N2O3/c23-20(19-14-24-11-12-25-19)21-17-7-3-1-6-16(17)13-22-10-9-15-5-2-4-8-18(15)22/h1-8,19H,9-14H2,(H,21,23)/t19-/m1/s1. The Balaban J connectivity index is 1.49. The summed E-state index contributed by atoms with van der Waals surface area (Å²) in [5.74, 6) is -0.144. The molecule has 2 aromatic rings. The summed E-state index contributed by atoms with van der Waals surface area (Å²) in [4.78, 5) is 14.8. The first-order valence-corrected chi connectivity index (χ1v) is 8.72. The first kappa shape index (κ1) is 16.1. The van der Waals surface area contributed by atoms with Crippen LogP contribution in [0.15, 0.2) is 48.5 Å². The van der Waals surface area contributed by atoms with E-state index in [1.165, 1.54) is 11.3 Å². The summed E-state index contributed by atoms with van der Waals surface area (Å²) in [7, 11) is 0. The van der Waals surface area contributed by atoms with Crippen LogP contribution in [0.2, 0.25) is 0 Å².